The van der Waals surface area contributed by atoms with Crippen LogP contribution in [0.5, 0.6) is 0 Å². The molecule has 0 aromatic rings. The molecule has 0 spiro atoms. The fourth-order valence-corrected chi connectivity index (χ4v) is 1.57. The number of carbonyl (C=O) groups is 2. The molecule has 4 nitrogen and oxygen atoms in total. The van der Waals surface area contributed by atoms with Crippen molar-refractivity contribution < 1.29 is 9.59 Å². The summed E-state index contributed by atoms with van der Waals surface area (Å²) in [6, 6.07) is 0. The van der Waals surface area contributed by atoms with Gasteiger partial charge in [0.2, 0.25) is 11.8 Å². The molecular formula is C9H16Cl2N2O2. The first-order chi connectivity index (χ1) is 7.15. The Bertz CT molecular complexity index is 212. The standard InChI is InChI=1S/C9H16Cl2N2O2/c1-2-7(9(15)13-11)5-3-4-6-8(14)12-10/h7H,2-6H2,1H3,(H,12,14)(H,13,15). The lowest BCUT2D eigenvalue weighted by atomic mass is 9.98. The molecule has 0 bridgehead atoms. The molecule has 0 fully saturated rings. The number of nitrogens with one attached hydrogen (secondary N) is 2. The summed E-state index contributed by atoms with van der Waals surface area (Å²) in [4.78, 5) is 26.1. The molecule has 88 valence electrons. The van der Waals surface area contributed by atoms with Crippen LogP contribution in [-0.2, 0) is 9.59 Å². The number of amides is 2. The second-order valence-corrected chi connectivity index (χ2v) is 3.71. The minimum atomic E-state index is -0.188. The fraction of sp³-hybridized carbons (Fsp3) is 0.778. The highest BCUT2D eigenvalue weighted by molar-refractivity contribution is 6.21. The Kier molecular flexibility index (Phi) is 8.52. The van der Waals surface area contributed by atoms with Crippen LogP contribution in [0.3, 0.4) is 0 Å². The Morgan fingerprint density at radius 1 is 1.20 bits per heavy atom. The second-order valence-electron chi connectivity index (χ2n) is 3.33. The maximum Gasteiger partial charge on any atom is 0.237 e. The Morgan fingerprint density at radius 2 is 1.87 bits per heavy atom. The second kappa shape index (κ2) is 8.80. The third-order valence-corrected chi connectivity index (χ3v) is 2.67. The lowest BCUT2D eigenvalue weighted by Gasteiger charge is -2.11. The summed E-state index contributed by atoms with van der Waals surface area (Å²) in [5, 5.41) is 0. The highest BCUT2D eigenvalue weighted by atomic mass is 35.5. The average Bonchev–Trinajstić information content (AvgIpc) is 2.27. The van der Waals surface area contributed by atoms with Crippen LogP contribution in [0.15, 0.2) is 0 Å². The Labute approximate surface area is 99.9 Å². The molecule has 0 rings (SSSR count). The largest absolute Gasteiger partial charge is 0.274 e. The maximum atomic E-state index is 11.2. The van der Waals surface area contributed by atoms with Gasteiger partial charge in [0.05, 0.1) is 0 Å². The molecular weight excluding hydrogens is 239 g/mol. The SMILES string of the molecule is CCC(CCCCC(=O)NCl)C(=O)NCl. The Balaban J connectivity index is 3.64. The van der Waals surface area contributed by atoms with Gasteiger partial charge >= 0.3 is 0 Å². The number of unbranched alkanes of at least 4 members (excludes halogenated alkanes) is 1. The van der Waals surface area contributed by atoms with Crippen molar-refractivity contribution in [2.24, 2.45) is 5.92 Å². The first-order valence-corrected chi connectivity index (χ1v) is 5.71. The van der Waals surface area contributed by atoms with E-state index in [-0.39, 0.29) is 17.7 Å². The van der Waals surface area contributed by atoms with Crippen LogP contribution in [0, 0.1) is 5.92 Å². The van der Waals surface area contributed by atoms with Crippen LogP contribution < -0.4 is 9.67 Å². The topological polar surface area (TPSA) is 58.2 Å². The number of carbonyl (C=O) groups excluding carboxylic acids is 2. The van der Waals surface area contributed by atoms with Crippen LogP contribution in [0.2, 0.25) is 0 Å². The summed E-state index contributed by atoms with van der Waals surface area (Å²) in [5.41, 5.74) is 0. The minimum Gasteiger partial charge on any atom is -0.274 e. The summed E-state index contributed by atoms with van der Waals surface area (Å²) in [7, 11) is 0. The number of hydrogen-bond donors (Lipinski definition) is 2. The van der Waals surface area contributed by atoms with Gasteiger partial charge in [0.15, 0.2) is 0 Å². The smallest absolute Gasteiger partial charge is 0.237 e. The first-order valence-electron chi connectivity index (χ1n) is 4.95. The zero-order chi connectivity index (χ0) is 11.7. The molecule has 6 heteroatoms. The predicted molar refractivity (Wildman–Crippen MR) is 60.2 cm³/mol. The van der Waals surface area contributed by atoms with E-state index >= 15 is 0 Å². The third-order valence-electron chi connectivity index (χ3n) is 2.27. The maximum absolute atomic E-state index is 11.2. The van der Waals surface area contributed by atoms with E-state index in [0.717, 1.165) is 25.7 Å². The van der Waals surface area contributed by atoms with E-state index in [1.807, 2.05) is 11.8 Å². The molecule has 2 amide bonds. The lowest BCUT2D eigenvalue weighted by molar-refractivity contribution is -0.123. The van der Waals surface area contributed by atoms with Gasteiger partial charge in [-0.3, -0.25) is 19.3 Å². The highest BCUT2D eigenvalue weighted by Crippen LogP contribution is 2.14. The summed E-state index contributed by atoms with van der Waals surface area (Å²) in [5.74, 6) is -0.408. The predicted octanol–water partition coefficient (Wildman–Crippen LogP) is 2.11. The van der Waals surface area contributed by atoms with Gasteiger partial charge in [-0.15, -0.1) is 0 Å². The first kappa shape index (κ1) is 14.5. The van der Waals surface area contributed by atoms with Gasteiger partial charge in [0, 0.05) is 35.9 Å². The van der Waals surface area contributed by atoms with Gasteiger partial charge in [-0.2, -0.15) is 0 Å². The van der Waals surface area contributed by atoms with Gasteiger partial charge < -0.3 is 0 Å². The van der Waals surface area contributed by atoms with Gasteiger partial charge in [0.1, 0.15) is 0 Å². The summed E-state index contributed by atoms with van der Waals surface area (Å²) in [6.45, 7) is 1.93. The summed E-state index contributed by atoms with van der Waals surface area (Å²) < 4.78 is 0. The molecule has 0 aromatic carbocycles. The number of hydrogen-bond acceptors (Lipinski definition) is 2. The van der Waals surface area contributed by atoms with Crippen molar-refractivity contribution in [3.05, 3.63) is 0 Å². The van der Waals surface area contributed by atoms with Crippen LogP contribution in [0.25, 0.3) is 0 Å². The van der Waals surface area contributed by atoms with Gasteiger partial charge in [-0.25, -0.2) is 0 Å². The zero-order valence-electron chi connectivity index (χ0n) is 8.69. The molecule has 0 saturated heterocycles. The number of rotatable bonds is 7. The van der Waals surface area contributed by atoms with Crippen molar-refractivity contribution in [1.82, 2.24) is 9.67 Å². The quantitative estimate of drug-likeness (QED) is 0.540. The summed E-state index contributed by atoms with van der Waals surface area (Å²) in [6.07, 6.45) is 3.42. The van der Waals surface area contributed by atoms with Gasteiger partial charge in [-0.1, -0.05) is 13.3 Å². The number of halogens is 2. The molecule has 0 saturated carbocycles. The molecule has 1 atom stereocenters. The molecule has 2 N–H and O–H groups in total. The van der Waals surface area contributed by atoms with Crippen LogP contribution >= 0.6 is 23.6 Å². The van der Waals surface area contributed by atoms with E-state index in [9.17, 15) is 9.59 Å². The van der Waals surface area contributed by atoms with Crippen LogP contribution in [0.4, 0.5) is 0 Å². The minimum absolute atomic E-state index is 0.0680. The van der Waals surface area contributed by atoms with Crippen LogP contribution in [0.1, 0.15) is 39.0 Å². The molecule has 0 radical (unpaired) electrons. The third kappa shape index (κ3) is 6.57. The fourth-order valence-electron chi connectivity index (χ4n) is 1.32. The Morgan fingerprint density at radius 3 is 2.33 bits per heavy atom. The molecule has 0 aromatic heterocycles. The molecule has 0 aliphatic carbocycles. The van der Waals surface area contributed by atoms with E-state index in [1.165, 1.54) is 0 Å². The monoisotopic (exact) mass is 254 g/mol. The molecule has 0 aliphatic heterocycles. The zero-order valence-corrected chi connectivity index (χ0v) is 10.2. The van der Waals surface area contributed by atoms with Crippen molar-refractivity contribution in [3.63, 3.8) is 0 Å². The summed E-state index contributed by atoms with van der Waals surface area (Å²) >= 11 is 10.3. The van der Waals surface area contributed by atoms with Crippen LogP contribution in [-0.4, -0.2) is 11.8 Å². The Hall–Kier alpha value is -0.480. The molecule has 15 heavy (non-hydrogen) atoms. The normalized spacial score (nSPS) is 11.9. The van der Waals surface area contributed by atoms with Gasteiger partial charge in [-0.05, 0) is 19.3 Å². The van der Waals surface area contributed by atoms with E-state index in [4.69, 9.17) is 23.6 Å². The average molecular weight is 255 g/mol. The van der Waals surface area contributed by atoms with E-state index in [1.54, 1.807) is 0 Å². The van der Waals surface area contributed by atoms with Crippen molar-refractivity contribution in [3.8, 4) is 0 Å². The van der Waals surface area contributed by atoms with Crippen molar-refractivity contribution in [2.45, 2.75) is 39.0 Å². The highest BCUT2D eigenvalue weighted by Gasteiger charge is 2.14. The van der Waals surface area contributed by atoms with E-state index < -0.39 is 0 Å². The van der Waals surface area contributed by atoms with Crippen molar-refractivity contribution in [1.29, 1.82) is 0 Å². The van der Waals surface area contributed by atoms with Gasteiger partial charge in [0.25, 0.3) is 0 Å². The lowest BCUT2D eigenvalue weighted by Crippen LogP contribution is -2.23. The van der Waals surface area contributed by atoms with Crippen molar-refractivity contribution in [2.75, 3.05) is 0 Å². The molecule has 0 aliphatic rings. The van der Waals surface area contributed by atoms with E-state index in [0.29, 0.717) is 6.42 Å². The molecule has 1 unspecified atom stereocenters. The molecule has 0 heterocycles. The van der Waals surface area contributed by atoms with Crippen molar-refractivity contribution >= 4 is 35.4 Å². The van der Waals surface area contributed by atoms with E-state index in [2.05, 4.69) is 4.84 Å².